The van der Waals surface area contributed by atoms with Crippen LogP contribution in [-0.4, -0.2) is 42.5 Å². The van der Waals surface area contributed by atoms with E-state index in [0.717, 1.165) is 23.4 Å². The van der Waals surface area contributed by atoms with Crippen molar-refractivity contribution in [3.63, 3.8) is 0 Å². The molecule has 0 spiro atoms. The van der Waals surface area contributed by atoms with Crippen LogP contribution in [0.5, 0.6) is 11.5 Å². The number of ether oxygens (including phenoxy) is 3. The van der Waals surface area contributed by atoms with E-state index in [-0.39, 0.29) is 11.7 Å². The highest BCUT2D eigenvalue weighted by atomic mass is 16.6. The minimum Gasteiger partial charge on any atom is -0.493 e. The molecule has 1 atom stereocenters. The van der Waals surface area contributed by atoms with Crippen LogP contribution in [0.1, 0.15) is 22.3 Å². The van der Waals surface area contributed by atoms with Gasteiger partial charge in [0.15, 0.2) is 11.5 Å². The molecule has 1 aliphatic heterocycles. The fraction of sp³-hybridized carbons (Fsp3) is 0.250. The van der Waals surface area contributed by atoms with Crippen LogP contribution >= 0.6 is 0 Å². The van der Waals surface area contributed by atoms with Crippen molar-refractivity contribution >= 4 is 17.3 Å². The quantitative estimate of drug-likeness (QED) is 0.582. The molecule has 0 bridgehead atoms. The molecule has 1 fully saturated rings. The summed E-state index contributed by atoms with van der Waals surface area (Å²) in [7, 11) is 1.61. The molecule has 1 aromatic heterocycles. The SMILES string of the molecule is COc1ccc(N(Cc2cccnc2)c2cccc(C(=O)O)c2)cc1OC1CCOC1. The molecule has 1 unspecified atom stereocenters. The van der Waals surface area contributed by atoms with Gasteiger partial charge < -0.3 is 24.2 Å². The number of rotatable bonds is 8. The number of aromatic nitrogens is 1. The molecule has 7 nitrogen and oxygen atoms in total. The molecule has 2 heterocycles. The average Bonchev–Trinajstić information content (AvgIpc) is 3.31. The lowest BCUT2D eigenvalue weighted by Gasteiger charge is -2.27. The lowest BCUT2D eigenvalue weighted by Crippen LogP contribution is -2.19. The Kier molecular flexibility index (Phi) is 6.33. The molecule has 1 saturated heterocycles. The molecule has 4 rings (SSSR count). The zero-order valence-corrected chi connectivity index (χ0v) is 17.2. The van der Waals surface area contributed by atoms with Crippen molar-refractivity contribution in [1.29, 1.82) is 0 Å². The van der Waals surface area contributed by atoms with Gasteiger partial charge in [-0.05, 0) is 42.0 Å². The minimum absolute atomic E-state index is 0.0220. The molecule has 31 heavy (non-hydrogen) atoms. The third kappa shape index (κ3) is 4.95. The summed E-state index contributed by atoms with van der Waals surface area (Å²) in [6.45, 7) is 1.74. The topological polar surface area (TPSA) is 81.1 Å². The number of methoxy groups -OCH3 is 1. The molecular formula is C24H24N2O5. The molecule has 3 aromatic rings. The lowest BCUT2D eigenvalue weighted by atomic mass is 10.1. The Morgan fingerprint density at radius 2 is 2.03 bits per heavy atom. The first-order valence-electron chi connectivity index (χ1n) is 10.1. The Labute approximate surface area is 180 Å². The van der Waals surface area contributed by atoms with E-state index >= 15 is 0 Å². The van der Waals surface area contributed by atoms with Crippen LogP contribution in [0.25, 0.3) is 0 Å². The van der Waals surface area contributed by atoms with E-state index < -0.39 is 5.97 Å². The molecular weight excluding hydrogens is 396 g/mol. The Morgan fingerprint density at radius 3 is 2.74 bits per heavy atom. The van der Waals surface area contributed by atoms with Crippen LogP contribution in [0.3, 0.4) is 0 Å². The first-order valence-corrected chi connectivity index (χ1v) is 10.1. The largest absolute Gasteiger partial charge is 0.493 e. The van der Waals surface area contributed by atoms with Crippen molar-refractivity contribution in [3.8, 4) is 11.5 Å². The smallest absolute Gasteiger partial charge is 0.335 e. The molecule has 0 saturated carbocycles. The molecule has 0 radical (unpaired) electrons. The molecule has 7 heteroatoms. The summed E-state index contributed by atoms with van der Waals surface area (Å²) < 4.78 is 17.1. The highest BCUT2D eigenvalue weighted by molar-refractivity contribution is 5.89. The van der Waals surface area contributed by atoms with Gasteiger partial charge in [0, 0.05) is 42.8 Å². The Hall–Kier alpha value is -3.58. The Morgan fingerprint density at radius 1 is 1.16 bits per heavy atom. The van der Waals surface area contributed by atoms with Gasteiger partial charge in [0.2, 0.25) is 0 Å². The Balaban J connectivity index is 1.73. The molecule has 2 aromatic carbocycles. The predicted molar refractivity (Wildman–Crippen MR) is 116 cm³/mol. The van der Waals surface area contributed by atoms with E-state index in [0.29, 0.717) is 31.3 Å². The van der Waals surface area contributed by atoms with Crippen LogP contribution in [0.2, 0.25) is 0 Å². The van der Waals surface area contributed by atoms with Gasteiger partial charge in [-0.25, -0.2) is 4.79 Å². The number of nitrogens with zero attached hydrogens (tertiary/aromatic N) is 2. The van der Waals surface area contributed by atoms with Crippen molar-refractivity contribution in [2.24, 2.45) is 0 Å². The zero-order valence-electron chi connectivity index (χ0n) is 17.2. The average molecular weight is 420 g/mol. The van der Waals surface area contributed by atoms with E-state index in [1.54, 1.807) is 37.7 Å². The summed E-state index contributed by atoms with van der Waals surface area (Å²) in [6.07, 6.45) is 4.33. The summed E-state index contributed by atoms with van der Waals surface area (Å²) in [4.78, 5) is 17.8. The second-order valence-electron chi connectivity index (χ2n) is 7.24. The van der Waals surface area contributed by atoms with E-state index in [4.69, 9.17) is 14.2 Å². The second kappa shape index (κ2) is 9.49. The van der Waals surface area contributed by atoms with Crippen LogP contribution in [0.15, 0.2) is 67.0 Å². The number of aromatic carboxylic acids is 1. The standard InChI is InChI=1S/C24H24N2O5/c1-29-22-8-7-20(13-23(22)31-21-9-11-30-16-21)26(15-17-4-3-10-25-14-17)19-6-2-5-18(12-19)24(27)28/h2-8,10,12-14,21H,9,11,15-16H2,1H3,(H,27,28). The number of anilines is 2. The number of carbonyl (C=O) groups is 1. The Bertz CT molecular complexity index is 1040. The van der Waals surface area contributed by atoms with E-state index in [9.17, 15) is 9.90 Å². The van der Waals surface area contributed by atoms with E-state index in [2.05, 4.69) is 4.98 Å². The van der Waals surface area contributed by atoms with Crippen molar-refractivity contribution in [2.45, 2.75) is 19.1 Å². The summed E-state index contributed by atoms with van der Waals surface area (Å²) in [5.41, 5.74) is 2.82. The van der Waals surface area contributed by atoms with Gasteiger partial charge in [0.05, 0.1) is 25.9 Å². The summed E-state index contributed by atoms with van der Waals surface area (Å²) in [5, 5.41) is 9.45. The van der Waals surface area contributed by atoms with Crippen molar-refractivity contribution < 1.29 is 24.1 Å². The van der Waals surface area contributed by atoms with Crippen LogP contribution < -0.4 is 14.4 Å². The van der Waals surface area contributed by atoms with E-state index in [1.807, 2.05) is 41.3 Å². The lowest BCUT2D eigenvalue weighted by molar-refractivity contribution is 0.0697. The fourth-order valence-corrected chi connectivity index (χ4v) is 3.52. The normalized spacial score (nSPS) is 15.5. The second-order valence-corrected chi connectivity index (χ2v) is 7.24. The van der Waals surface area contributed by atoms with Crippen LogP contribution in [-0.2, 0) is 11.3 Å². The van der Waals surface area contributed by atoms with Gasteiger partial charge in [0.25, 0.3) is 0 Å². The van der Waals surface area contributed by atoms with Gasteiger partial charge in [-0.3, -0.25) is 4.98 Å². The van der Waals surface area contributed by atoms with Gasteiger partial charge in [-0.2, -0.15) is 0 Å². The molecule has 1 aliphatic rings. The third-order valence-corrected chi connectivity index (χ3v) is 5.11. The number of carboxylic acid groups (broad SMARTS) is 1. The number of benzene rings is 2. The summed E-state index contributed by atoms with van der Waals surface area (Å²) >= 11 is 0. The van der Waals surface area contributed by atoms with Gasteiger partial charge in [-0.1, -0.05) is 12.1 Å². The zero-order chi connectivity index (χ0) is 21.6. The summed E-state index contributed by atoms with van der Waals surface area (Å²) in [5.74, 6) is 0.292. The highest BCUT2D eigenvalue weighted by Crippen LogP contribution is 2.37. The van der Waals surface area contributed by atoms with Crippen molar-refractivity contribution in [1.82, 2.24) is 4.98 Å². The van der Waals surface area contributed by atoms with Gasteiger partial charge in [-0.15, -0.1) is 0 Å². The molecule has 160 valence electrons. The first-order chi connectivity index (χ1) is 15.1. The number of hydrogen-bond acceptors (Lipinski definition) is 6. The first kappa shape index (κ1) is 20.7. The molecule has 1 N–H and O–H groups in total. The number of carboxylic acids is 1. The number of hydrogen-bond donors (Lipinski definition) is 1. The fourth-order valence-electron chi connectivity index (χ4n) is 3.52. The maximum atomic E-state index is 11.5. The van der Waals surface area contributed by atoms with Crippen LogP contribution in [0, 0.1) is 0 Å². The van der Waals surface area contributed by atoms with Crippen molar-refractivity contribution in [2.75, 3.05) is 25.2 Å². The molecule has 0 aliphatic carbocycles. The monoisotopic (exact) mass is 420 g/mol. The summed E-state index contributed by atoms with van der Waals surface area (Å²) in [6, 6.07) is 16.4. The maximum absolute atomic E-state index is 11.5. The third-order valence-electron chi connectivity index (χ3n) is 5.11. The highest BCUT2D eigenvalue weighted by Gasteiger charge is 2.21. The van der Waals surface area contributed by atoms with Crippen molar-refractivity contribution in [3.05, 3.63) is 78.1 Å². The van der Waals surface area contributed by atoms with Crippen LogP contribution in [0.4, 0.5) is 11.4 Å². The molecule has 0 amide bonds. The van der Waals surface area contributed by atoms with Gasteiger partial charge in [0.1, 0.15) is 6.10 Å². The van der Waals surface area contributed by atoms with Gasteiger partial charge >= 0.3 is 5.97 Å². The predicted octanol–water partition coefficient (Wildman–Crippen LogP) is 4.29. The van der Waals surface area contributed by atoms with E-state index in [1.165, 1.54) is 0 Å². The number of pyridine rings is 1. The minimum atomic E-state index is -0.969. The maximum Gasteiger partial charge on any atom is 0.335 e.